The number of ether oxygens (including phenoxy) is 2. The summed E-state index contributed by atoms with van der Waals surface area (Å²) in [5, 5.41) is 10.4. The first-order valence-electron chi connectivity index (χ1n) is 6.66. The third-order valence-corrected chi connectivity index (χ3v) is 4.06. The van der Waals surface area contributed by atoms with Crippen LogP contribution in [0.5, 0.6) is 0 Å². The SMILES string of the molecule is C[C@H](CO[C@H]1CCCCO1)C1(O)CCCC1. The molecule has 2 atom stereocenters. The lowest BCUT2D eigenvalue weighted by molar-refractivity contribution is -0.179. The maximum Gasteiger partial charge on any atom is 0.157 e. The molecule has 0 spiro atoms. The van der Waals surface area contributed by atoms with E-state index in [1.54, 1.807) is 0 Å². The predicted molar refractivity (Wildman–Crippen MR) is 62.1 cm³/mol. The number of hydrogen-bond donors (Lipinski definition) is 1. The molecule has 1 heterocycles. The molecule has 0 unspecified atom stereocenters. The fourth-order valence-corrected chi connectivity index (χ4v) is 2.73. The Morgan fingerprint density at radius 2 is 2.06 bits per heavy atom. The summed E-state index contributed by atoms with van der Waals surface area (Å²) >= 11 is 0. The molecule has 0 amide bonds. The Kier molecular flexibility index (Phi) is 4.22. The van der Waals surface area contributed by atoms with E-state index in [4.69, 9.17) is 9.47 Å². The summed E-state index contributed by atoms with van der Waals surface area (Å²) in [4.78, 5) is 0. The highest BCUT2D eigenvalue weighted by Crippen LogP contribution is 2.36. The van der Waals surface area contributed by atoms with Crippen molar-refractivity contribution in [3.05, 3.63) is 0 Å². The first kappa shape index (κ1) is 12.3. The van der Waals surface area contributed by atoms with Crippen LogP contribution in [0.4, 0.5) is 0 Å². The van der Waals surface area contributed by atoms with E-state index >= 15 is 0 Å². The van der Waals surface area contributed by atoms with Gasteiger partial charge in [0.05, 0.1) is 12.2 Å². The Morgan fingerprint density at radius 1 is 1.31 bits per heavy atom. The fourth-order valence-electron chi connectivity index (χ4n) is 2.73. The van der Waals surface area contributed by atoms with Gasteiger partial charge in [0, 0.05) is 12.5 Å². The van der Waals surface area contributed by atoms with Crippen LogP contribution >= 0.6 is 0 Å². The normalized spacial score (nSPS) is 31.5. The van der Waals surface area contributed by atoms with Crippen LogP contribution in [0.15, 0.2) is 0 Å². The molecule has 3 heteroatoms. The van der Waals surface area contributed by atoms with E-state index in [1.807, 2.05) is 0 Å². The highest BCUT2D eigenvalue weighted by Gasteiger charge is 2.37. The van der Waals surface area contributed by atoms with Gasteiger partial charge in [0.1, 0.15) is 0 Å². The second-order valence-electron chi connectivity index (χ2n) is 5.34. The van der Waals surface area contributed by atoms with Gasteiger partial charge in [0.15, 0.2) is 6.29 Å². The van der Waals surface area contributed by atoms with Crippen LogP contribution < -0.4 is 0 Å². The molecule has 1 N–H and O–H groups in total. The highest BCUT2D eigenvalue weighted by atomic mass is 16.7. The second kappa shape index (κ2) is 5.48. The standard InChI is InChI=1S/C13H24O3/c1-11(13(14)7-3-4-8-13)10-16-12-6-2-5-9-15-12/h11-12,14H,2-10H2,1H3/t11-,12+/m1/s1. The van der Waals surface area contributed by atoms with Crippen LogP contribution in [0, 0.1) is 5.92 Å². The molecule has 2 aliphatic rings. The molecule has 1 aliphatic heterocycles. The summed E-state index contributed by atoms with van der Waals surface area (Å²) < 4.78 is 11.3. The van der Waals surface area contributed by atoms with Crippen LogP contribution in [-0.4, -0.2) is 30.2 Å². The van der Waals surface area contributed by atoms with Crippen molar-refractivity contribution in [2.45, 2.75) is 63.8 Å². The average Bonchev–Trinajstić information content (AvgIpc) is 2.76. The molecule has 2 fully saturated rings. The lowest BCUT2D eigenvalue weighted by atomic mass is 9.88. The van der Waals surface area contributed by atoms with E-state index in [1.165, 1.54) is 6.42 Å². The maximum atomic E-state index is 10.4. The van der Waals surface area contributed by atoms with Gasteiger partial charge < -0.3 is 14.6 Å². The van der Waals surface area contributed by atoms with Crippen molar-refractivity contribution < 1.29 is 14.6 Å². The van der Waals surface area contributed by atoms with Gasteiger partial charge in [-0.2, -0.15) is 0 Å². The van der Waals surface area contributed by atoms with Gasteiger partial charge in [-0.25, -0.2) is 0 Å². The van der Waals surface area contributed by atoms with Gasteiger partial charge >= 0.3 is 0 Å². The first-order valence-corrected chi connectivity index (χ1v) is 6.66. The van der Waals surface area contributed by atoms with Crippen molar-refractivity contribution in [2.24, 2.45) is 5.92 Å². The van der Waals surface area contributed by atoms with Gasteiger partial charge in [-0.3, -0.25) is 0 Å². The fraction of sp³-hybridized carbons (Fsp3) is 1.00. The van der Waals surface area contributed by atoms with Crippen LogP contribution in [-0.2, 0) is 9.47 Å². The van der Waals surface area contributed by atoms with Gasteiger partial charge in [0.25, 0.3) is 0 Å². The summed E-state index contributed by atoms with van der Waals surface area (Å²) in [7, 11) is 0. The van der Waals surface area contributed by atoms with Crippen LogP contribution in [0.3, 0.4) is 0 Å². The molecule has 0 aromatic carbocycles. The predicted octanol–water partition coefficient (Wildman–Crippen LogP) is 2.47. The molecule has 0 aromatic heterocycles. The molecule has 0 bridgehead atoms. The molecule has 16 heavy (non-hydrogen) atoms. The monoisotopic (exact) mass is 228 g/mol. The molecular weight excluding hydrogens is 204 g/mol. The van der Waals surface area contributed by atoms with Crippen molar-refractivity contribution in [1.29, 1.82) is 0 Å². The topological polar surface area (TPSA) is 38.7 Å². The summed E-state index contributed by atoms with van der Waals surface area (Å²) in [5.41, 5.74) is -0.478. The molecule has 94 valence electrons. The van der Waals surface area contributed by atoms with Crippen molar-refractivity contribution in [3.8, 4) is 0 Å². The maximum absolute atomic E-state index is 10.4. The lowest BCUT2D eigenvalue weighted by Gasteiger charge is -2.31. The smallest absolute Gasteiger partial charge is 0.157 e. The minimum atomic E-state index is -0.478. The molecule has 1 saturated heterocycles. The summed E-state index contributed by atoms with van der Waals surface area (Å²) in [6.45, 7) is 3.54. The van der Waals surface area contributed by atoms with E-state index in [0.29, 0.717) is 6.61 Å². The number of rotatable bonds is 4. The molecular formula is C13H24O3. The van der Waals surface area contributed by atoms with E-state index in [-0.39, 0.29) is 12.2 Å². The minimum absolute atomic E-state index is 0.0267. The van der Waals surface area contributed by atoms with Crippen molar-refractivity contribution in [1.82, 2.24) is 0 Å². The Balaban J connectivity index is 1.72. The van der Waals surface area contributed by atoms with Gasteiger partial charge in [-0.05, 0) is 32.1 Å². The minimum Gasteiger partial charge on any atom is -0.390 e. The zero-order chi connectivity index (χ0) is 11.4. The third-order valence-electron chi connectivity index (χ3n) is 4.06. The Hall–Kier alpha value is -0.120. The molecule has 2 rings (SSSR count). The molecule has 3 nitrogen and oxygen atoms in total. The van der Waals surface area contributed by atoms with E-state index < -0.39 is 5.60 Å². The Labute approximate surface area is 98.1 Å². The first-order chi connectivity index (χ1) is 7.71. The zero-order valence-electron chi connectivity index (χ0n) is 10.3. The van der Waals surface area contributed by atoms with Crippen molar-refractivity contribution in [3.63, 3.8) is 0 Å². The van der Waals surface area contributed by atoms with Crippen molar-refractivity contribution in [2.75, 3.05) is 13.2 Å². The Bertz CT molecular complexity index is 205. The average molecular weight is 228 g/mol. The molecule has 1 saturated carbocycles. The molecule has 1 aliphatic carbocycles. The van der Waals surface area contributed by atoms with Crippen LogP contribution in [0.1, 0.15) is 51.9 Å². The van der Waals surface area contributed by atoms with Crippen LogP contribution in [0.2, 0.25) is 0 Å². The number of aliphatic hydroxyl groups is 1. The molecule has 0 aromatic rings. The second-order valence-corrected chi connectivity index (χ2v) is 5.34. The van der Waals surface area contributed by atoms with E-state index in [9.17, 15) is 5.11 Å². The summed E-state index contributed by atoms with van der Waals surface area (Å²) in [6.07, 6.45) is 7.50. The van der Waals surface area contributed by atoms with Crippen LogP contribution in [0.25, 0.3) is 0 Å². The van der Waals surface area contributed by atoms with E-state index in [0.717, 1.165) is 45.1 Å². The largest absolute Gasteiger partial charge is 0.390 e. The Morgan fingerprint density at radius 3 is 2.69 bits per heavy atom. The lowest BCUT2D eigenvalue weighted by Crippen LogP contribution is -2.37. The summed E-state index contributed by atoms with van der Waals surface area (Å²) in [5.74, 6) is 0.223. The van der Waals surface area contributed by atoms with E-state index in [2.05, 4.69) is 6.92 Å². The quantitative estimate of drug-likeness (QED) is 0.803. The van der Waals surface area contributed by atoms with Gasteiger partial charge in [-0.15, -0.1) is 0 Å². The van der Waals surface area contributed by atoms with Gasteiger partial charge in [-0.1, -0.05) is 19.8 Å². The zero-order valence-corrected chi connectivity index (χ0v) is 10.3. The highest BCUT2D eigenvalue weighted by molar-refractivity contribution is 4.88. The molecule has 0 radical (unpaired) electrons. The van der Waals surface area contributed by atoms with Crippen molar-refractivity contribution >= 4 is 0 Å². The summed E-state index contributed by atoms with van der Waals surface area (Å²) in [6, 6.07) is 0. The number of hydrogen-bond acceptors (Lipinski definition) is 3. The third kappa shape index (κ3) is 2.96. The van der Waals surface area contributed by atoms with Gasteiger partial charge in [0.2, 0.25) is 0 Å².